The van der Waals surface area contributed by atoms with Crippen molar-refractivity contribution < 1.29 is 9.53 Å². The van der Waals surface area contributed by atoms with Crippen LogP contribution in [0.2, 0.25) is 0 Å². The number of carbonyl (C=O) groups excluding carboxylic acids is 1. The number of hydrogen-bond acceptors (Lipinski definition) is 3. The third kappa shape index (κ3) is 2.93. The molecule has 0 bridgehead atoms. The van der Waals surface area contributed by atoms with Crippen LogP contribution >= 0.6 is 0 Å². The number of pyridine rings is 1. The molecule has 2 heterocycles. The summed E-state index contributed by atoms with van der Waals surface area (Å²) in [5, 5.41) is 7.16. The molecule has 5 heteroatoms. The summed E-state index contributed by atoms with van der Waals surface area (Å²) in [6.07, 6.45) is 3.65. The second-order valence-electron chi connectivity index (χ2n) is 4.84. The van der Waals surface area contributed by atoms with E-state index in [-0.39, 0.29) is 5.91 Å². The second-order valence-corrected chi connectivity index (χ2v) is 4.84. The van der Waals surface area contributed by atoms with Crippen LogP contribution in [0.1, 0.15) is 22.8 Å². The first kappa shape index (κ1) is 14.1. The second kappa shape index (κ2) is 6.30. The Morgan fingerprint density at radius 2 is 2.05 bits per heavy atom. The van der Waals surface area contributed by atoms with Gasteiger partial charge in [-0.1, -0.05) is 6.07 Å². The van der Waals surface area contributed by atoms with E-state index in [0.29, 0.717) is 18.7 Å². The Hall–Kier alpha value is -2.82. The molecule has 0 saturated heterocycles. The standard InChI is InChI=1S/C17H17N3O2/c1-2-22-15-8-6-13(7-9-15)17(21)18-11-14-12-19-20-10-4-3-5-16(14)20/h3-10,12H,2,11H2,1H3,(H,18,21). The number of nitrogens with zero attached hydrogens (tertiary/aromatic N) is 2. The lowest BCUT2D eigenvalue weighted by Crippen LogP contribution is -2.22. The molecule has 112 valence electrons. The summed E-state index contributed by atoms with van der Waals surface area (Å²) >= 11 is 0. The van der Waals surface area contributed by atoms with Crippen molar-refractivity contribution in [3.8, 4) is 5.75 Å². The Balaban J connectivity index is 1.67. The van der Waals surface area contributed by atoms with E-state index in [1.807, 2.05) is 31.3 Å². The number of benzene rings is 1. The van der Waals surface area contributed by atoms with Crippen molar-refractivity contribution in [2.24, 2.45) is 0 Å². The minimum atomic E-state index is -0.113. The Morgan fingerprint density at radius 1 is 1.23 bits per heavy atom. The molecular formula is C17H17N3O2. The lowest BCUT2D eigenvalue weighted by Gasteiger charge is -2.06. The third-order valence-electron chi connectivity index (χ3n) is 3.37. The maximum absolute atomic E-state index is 12.2. The number of rotatable bonds is 5. The van der Waals surface area contributed by atoms with Crippen LogP contribution in [0.3, 0.4) is 0 Å². The molecule has 0 fully saturated rings. The van der Waals surface area contributed by atoms with E-state index in [9.17, 15) is 4.79 Å². The van der Waals surface area contributed by atoms with Gasteiger partial charge in [0.2, 0.25) is 0 Å². The van der Waals surface area contributed by atoms with E-state index < -0.39 is 0 Å². The van der Waals surface area contributed by atoms with Crippen LogP contribution in [-0.4, -0.2) is 22.1 Å². The van der Waals surface area contributed by atoms with Gasteiger partial charge in [0.25, 0.3) is 5.91 Å². The zero-order valence-electron chi connectivity index (χ0n) is 12.3. The smallest absolute Gasteiger partial charge is 0.251 e. The topological polar surface area (TPSA) is 55.6 Å². The van der Waals surface area contributed by atoms with E-state index in [0.717, 1.165) is 16.8 Å². The SMILES string of the molecule is CCOc1ccc(C(=O)NCc2cnn3ccccc23)cc1. The predicted octanol–water partition coefficient (Wildman–Crippen LogP) is 2.66. The van der Waals surface area contributed by atoms with E-state index in [1.165, 1.54) is 0 Å². The molecule has 0 saturated carbocycles. The van der Waals surface area contributed by atoms with Crippen molar-refractivity contribution in [3.05, 3.63) is 66.0 Å². The zero-order valence-corrected chi connectivity index (χ0v) is 12.3. The number of amides is 1. The molecule has 0 spiro atoms. The molecule has 1 aromatic carbocycles. The lowest BCUT2D eigenvalue weighted by atomic mass is 10.2. The summed E-state index contributed by atoms with van der Waals surface area (Å²) < 4.78 is 7.15. The average Bonchev–Trinajstić information content (AvgIpc) is 2.97. The summed E-state index contributed by atoms with van der Waals surface area (Å²) in [4.78, 5) is 12.2. The number of hydrogen-bond donors (Lipinski definition) is 1. The Bertz CT molecular complexity index is 778. The summed E-state index contributed by atoms with van der Waals surface area (Å²) in [5.41, 5.74) is 2.59. The van der Waals surface area contributed by atoms with Gasteiger partial charge >= 0.3 is 0 Å². The maximum atomic E-state index is 12.2. The van der Waals surface area contributed by atoms with Gasteiger partial charge < -0.3 is 10.1 Å². The lowest BCUT2D eigenvalue weighted by molar-refractivity contribution is 0.0951. The molecule has 0 unspecified atom stereocenters. The van der Waals surface area contributed by atoms with Crippen molar-refractivity contribution in [2.45, 2.75) is 13.5 Å². The number of nitrogens with one attached hydrogen (secondary N) is 1. The summed E-state index contributed by atoms with van der Waals surface area (Å²) in [6, 6.07) is 13.0. The van der Waals surface area contributed by atoms with Crippen LogP contribution in [0.25, 0.3) is 5.52 Å². The fraction of sp³-hybridized carbons (Fsp3) is 0.176. The number of aromatic nitrogens is 2. The van der Waals surface area contributed by atoms with Crippen molar-refractivity contribution in [1.29, 1.82) is 0 Å². The normalized spacial score (nSPS) is 10.6. The van der Waals surface area contributed by atoms with Gasteiger partial charge in [0.1, 0.15) is 5.75 Å². The maximum Gasteiger partial charge on any atom is 0.251 e. The van der Waals surface area contributed by atoms with E-state index >= 15 is 0 Å². The molecule has 1 amide bonds. The Kier molecular flexibility index (Phi) is 4.05. The molecule has 0 aliphatic carbocycles. The average molecular weight is 295 g/mol. The highest BCUT2D eigenvalue weighted by Crippen LogP contribution is 2.13. The van der Waals surface area contributed by atoms with Crippen molar-refractivity contribution in [3.63, 3.8) is 0 Å². The van der Waals surface area contributed by atoms with E-state index in [2.05, 4.69) is 10.4 Å². The minimum absolute atomic E-state index is 0.113. The van der Waals surface area contributed by atoms with Gasteiger partial charge in [-0.3, -0.25) is 4.79 Å². The van der Waals surface area contributed by atoms with Crippen LogP contribution < -0.4 is 10.1 Å². The number of carbonyl (C=O) groups is 1. The Labute approximate surface area is 128 Å². The van der Waals surface area contributed by atoms with Gasteiger partial charge in [0.05, 0.1) is 18.3 Å². The fourth-order valence-corrected chi connectivity index (χ4v) is 2.27. The number of ether oxygens (including phenoxy) is 1. The molecule has 0 aliphatic heterocycles. The highest BCUT2D eigenvalue weighted by molar-refractivity contribution is 5.94. The molecule has 1 N–H and O–H groups in total. The monoisotopic (exact) mass is 295 g/mol. The minimum Gasteiger partial charge on any atom is -0.494 e. The van der Waals surface area contributed by atoms with Crippen LogP contribution in [0.4, 0.5) is 0 Å². The first-order valence-electron chi connectivity index (χ1n) is 7.20. The summed E-state index contributed by atoms with van der Waals surface area (Å²) in [6.45, 7) is 2.98. The van der Waals surface area contributed by atoms with Gasteiger partial charge in [0, 0.05) is 23.9 Å². The quantitative estimate of drug-likeness (QED) is 0.787. The van der Waals surface area contributed by atoms with Crippen molar-refractivity contribution >= 4 is 11.4 Å². The van der Waals surface area contributed by atoms with Gasteiger partial charge in [-0.05, 0) is 43.3 Å². The molecule has 2 aromatic heterocycles. The molecule has 22 heavy (non-hydrogen) atoms. The Morgan fingerprint density at radius 3 is 2.82 bits per heavy atom. The fourth-order valence-electron chi connectivity index (χ4n) is 2.27. The molecule has 5 nitrogen and oxygen atoms in total. The molecule has 3 rings (SSSR count). The highest BCUT2D eigenvalue weighted by Gasteiger charge is 2.08. The highest BCUT2D eigenvalue weighted by atomic mass is 16.5. The number of fused-ring (bicyclic) bond motifs is 1. The van der Waals surface area contributed by atoms with Crippen molar-refractivity contribution in [2.75, 3.05) is 6.61 Å². The van der Waals surface area contributed by atoms with Crippen LogP contribution in [0, 0.1) is 0 Å². The van der Waals surface area contributed by atoms with Gasteiger partial charge in [-0.15, -0.1) is 0 Å². The summed E-state index contributed by atoms with van der Waals surface area (Å²) in [7, 11) is 0. The zero-order chi connectivity index (χ0) is 15.4. The molecular weight excluding hydrogens is 278 g/mol. The first-order valence-corrected chi connectivity index (χ1v) is 7.20. The molecule has 0 radical (unpaired) electrons. The van der Waals surface area contributed by atoms with Crippen molar-refractivity contribution in [1.82, 2.24) is 14.9 Å². The van der Waals surface area contributed by atoms with Gasteiger partial charge in [-0.25, -0.2) is 4.52 Å². The molecule has 0 atom stereocenters. The van der Waals surface area contributed by atoms with Crippen LogP contribution in [0.5, 0.6) is 5.75 Å². The van der Waals surface area contributed by atoms with Crippen LogP contribution in [-0.2, 0) is 6.54 Å². The van der Waals surface area contributed by atoms with Crippen LogP contribution in [0.15, 0.2) is 54.9 Å². The largest absolute Gasteiger partial charge is 0.494 e. The third-order valence-corrected chi connectivity index (χ3v) is 3.37. The first-order chi connectivity index (χ1) is 10.8. The van der Waals surface area contributed by atoms with E-state index in [4.69, 9.17) is 4.74 Å². The summed E-state index contributed by atoms with van der Waals surface area (Å²) in [5.74, 6) is 0.653. The predicted molar refractivity (Wildman–Crippen MR) is 84.0 cm³/mol. The van der Waals surface area contributed by atoms with E-state index in [1.54, 1.807) is 35.0 Å². The van der Waals surface area contributed by atoms with Gasteiger partial charge in [-0.2, -0.15) is 5.10 Å². The molecule has 0 aliphatic rings. The molecule has 3 aromatic rings. The van der Waals surface area contributed by atoms with Gasteiger partial charge in [0.15, 0.2) is 0 Å².